The Kier molecular flexibility index (Phi) is 4.02. The van der Waals surface area contributed by atoms with Gasteiger partial charge in [-0.15, -0.1) is 0 Å². The number of halogens is 1. The van der Waals surface area contributed by atoms with Gasteiger partial charge in [0.2, 0.25) is 0 Å². The van der Waals surface area contributed by atoms with Gasteiger partial charge < -0.3 is 10.1 Å². The highest BCUT2D eigenvalue weighted by atomic mass is 79.9. The fourth-order valence-electron chi connectivity index (χ4n) is 2.07. The summed E-state index contributed by atoms with van der Waals surface area (Å²) < 4.78 is 6.91. The van der Waals surface area contributed by atoms with Crippen LogP contribution in [0.3, 0.4) is 0 Å². The van der Waals surface area contributed by atoms with Gasteiger partial charge in [-0.1, -0.05) is 40.2 Å². The quantitative estimate of drug-likeness (QED) is 0.932. The molecule has 1 heterocycles. The smallest absolute Gasteiger partial charge is 0.128 e. The highest BCUT2D eigenvalue weighted by Crippen LogP contribution is 2.17. The van der Waals surface area contributed by atoms with Gasteiger partial charge in [-0.2, -0.15) is 0 Å². The van der Waals surface area contributed by atoms with Crippen molar-refractivity contribution in [1.82, 2.24) is 5.32 Å². The van der Waals surface area contributed by atoms with Gasteiger partial charge in [-0.25, -0.2) is 0 Å². The Morgan fingerprint density at radius 2 is 2.00 bits per heavy atom. The number of nitrogens with one attached hydrogen (secondary N) is 1. The Hall–Kier alpha value is -1.81. The molecule has 0 unspecified atom stereocenters. The molecule has 1 aliphatic heterocycles. The van der Waals surface area contributed by atoms with Crippen LogP contribution in [0.5, 0.6) is 5.75 Å². The number of amidine groups is 1. The topological polar surface area (TPSA) is 33.6 Å². The van der Waals surface area contributed by atoms with E-state index >= 15 is 0 Å². The minimum Gasteiger partial charge on any atom is -0.489 e. The number of aliphatic imine (C=N–C) groups is 1. The van der Waals surface area contributed by atoms with Crippen LogP contribution in [0.4, 0.5) is 0 Å². The molecule has 2 aromatic rings. The number of hydrogen-bond acceptors (Lipinski definition) is 3. The molecule has 20 heavy (non-hydrogen) atoms. The summed E-state index contributed by atoms with van der Waals surface area (Å²) in [6.45, 7) is 2.33. The predicted octanol–water partition coefficient (Wildman–Crippen LogP) is 3.38. The zero-order valence-corrected chi connectivity index (χ0v) is 12.6. The summed E-state index contributed by atoms with van der Waals surface area (Å²) in [7, 11) is 0. The largest absolute Gasteiger partial charge is 0.489 e. The van der Waals surface area contributed by atoms with Gasteiger partial charge in [0.05, 0.1) is 6.54 Å². The lowest BCUT2D eigenvalue weighted by molar-refractivity contribution is 0.306. The number of rotatable bonds is 4. The minimum atomic E-state index is 0.566. The highest BCUT2D eigenvalue weighted by Gasteiger charge is 2.08. The van der Waals surface area contributed by atoms with Crippen molar-refractivity contribution < 1.29 is 4.74 Å². The van der Waals surface area contributed by atoms with Crippen LogP contribution in [-0.2, 0) is 6.61 Å². The van der Waals surface area contributed by atoms with E-state index in [2.05, 4.69) is 38.4 Å². The lowest BCUT2D eigenvalue weighted by Crippen LogP contribution is -2.19. The molecule has 4 heteroatoms. The number of ether oxygens (including phenoxy) is 1. The molecular weight excluding hydrogens is 316 g/mol. The first-order valence-corrected chi connectivity index (χ1v) is 7.36. The van der Waals surface area contributed by atoms with Gasteiger partial charge >= 0.3 is 0 Å². The van der Waals surface area contributed by atoms with E-state index < -0.39 is 0 Å². The monoisotopic (exact) mass is 330 g/mol. The second-order valence-electron chi connectivity index (χ2n) is 4.60. The van der Waals surface area contributed by atoms with Gasteiger partial charge in [0.15, 0.2) is 0 Å². The highest BCUT2D eigenvalue weighted by molar-refractivity contribution is 9.10. The molecule has 0 aromatic heterocycles. The summed E-state index contributed by atoms with van der Waals surface area (Å²) >= 11 is 3.43. The molecule has 0 bridgehead atoms. The van der Waals surface area contributed by atoms with Crippen molar-refractivity contribution >= 4 is 21.8 Å². The first-order valence-electron chi connectivity index (χ1n) is 6.57. The van der Waals surface area contributed by atoms with Gasteiger partial charge in [0.25, 0.3) is 0 Å². The van der Waals surface area contributed by atoms with E-state index in [1.165, 1.54) is 0 Å². The summed E-state index contributed by atoms with van der Waals surface area (Å²) in [5.41, 5.74) is 2.23. The zero-order chi connectivity index (χ0) is 13.8. The molecule has 1 aliphatic rings. The van der Waals surface area contributed by atoms with Crippen LogP contribution < -0.4 is 10.1 Å². The Balaban J connectivity index is 1.68. The Morgan fingerprint density at radius 1 is 1.15 bits per heavy atom. The van der Waals surface area contributed by atoms with E-state index in [1.807, 2.05) is 36.4 Å². The summed E-state index contributed by atoms with van der Waals surface area (Å²) in [5, 5.41) is 3.27. The molecule has 0 aliphatic carbocycles. The third-order valence-electron chi connectivity index (χ3n) is 3.10. The summed E-state index contributed by atoms with van der Waals surface area (Å²) in [5.74, 6) is 1.82. The van der Waals surface area contributed by atoms with Gasteiger partial charge in [-0.3, -0.25) is 4.99 Å². The Labute approximate surface area is 126 Å². The Bertz CT molecular complexity index is 623. The zero-order valence-electron chi connectivity index (χ0n) is 11.0. The molecule has 0 atom stereocenters. The van der Waals surface area contributed by atoms with Gasteiger partial charge in [0.1, 0.15) is 18.2 Å². The van der Waals surface area contributed by atoms with Crippen LogP contribution in [-0.4, -0.2) is 18.9 Å². The van der Waals surface area contributed by atoms with E-state index in [4.69, 9.17) is 4.74 Å². The normalized spacial score (nSPS) is 13.8. The fourth-order valence-corrected chi connectivity index (χ4v) is 2.34. The SMILES string of the molecule is Brc1ccc(COc2cccc(C3=NCCN3)c2)cc1. The second-order valence-corrected chi connectivity index (χ2v) is 5.52. The van der Waals surface area contributed by atoms with Crippen LogP contribution >= 0.6 is 15.9 Å². The molecule has 2 aromatic carbocycles. The summed E-state index contributed by atoms with van der Waals surface area (Å²) in [6, 6.07) is 16.2. The summed E-state index contributed by atoms with van der Waals surface area (Å²) in [6.07, 6.45) is 0. The third kappa shape index (κ3) is 3.20. The van der Waals surface area contributed by atoms with Crippen molar-refractivity contribution in [2.24, 2.45) is 4.99 Å². The first kappa shape index (κ1) is 13.2. The van der Waals surface area contributed by atoms with Crippen molar-refractivity contribution in [2.45, 2.75) is 6.61 Å². The maximum atomic E-state index is 5.83. The molecule has 0 saturated heterocycles. The van der Waals surface area contributed by atoms with Crippen LogP contribution in [0.2, 0.25) is 0 Å². The summed E-state index contributed by atoms with van der Waals surface area (Å²) in [4.78, 5) is 4.42. The molecular formula is C16H15BrN2O. The van der Waals surface area contributed by atoms with Crippen molar-refractivity contribution in [1.29, 1.82) is 0 Å². The lowest BCUT2D eigenvalue weighted by atomic mass is 10.2. The van der Waals surface area contributed by atoms with E-state index in [1.54, 1.807) is 0 Å². The standard InChI is InChI=1S/C16H15BrN2O/c17-14-6-4-12(5-7-14)11-20-15-3-1-2-13(10-15)16-18-8-9-19-16/h1-7,10H,8-9,11H2,(H,18,19). The molecule has 102 valence electrons. The van der Waals surface area contributed by atoms with E-state index in [9.17, 15) is 0 Å². The van der Waals surface area contributed by atoms with Crippen molar-refractivity contribution in [3.05, 3.63) is 64.1 Å². The molecule has 0 radical (unpaired) electrons. The first-order chi connectivity index (χ1) is 9.81. The van der Waals surface area contributed by atoms with Crippen LogP contribution in [0.15, 0.2) is 58.0 Å². The van der Waals surface area contributed by atoms with Gasteiger partial charge in [0, 0.05) is 16.6 Å². The van der Waals surface area contributed by atoms with Crippen LogP contribution in [0.1, 0.15) is 11.1 Å². The third-order valence-corrected chi connectivity index (χ3v) is 3.63. The van der Waals surface area contributed by atoms with Crippen molar-refractivity contribution in [3.8, 4) is 5.75 Å². The lowest BCUT2D eigenvalue weighted by Gasteiger charge is -2.08. The molecule has 1 N–H and O–H groups in total. The average molecular weight is 331 g/mol. The molecule has 3 nitrogen and oxygen atoms in total. The van der Waals surface area contributed by atoms with Crippen molar-refractivity contribution in [3.63, 3.8) is 0 Å². The van der Waals surface area contributed by atoms with Crippen LogP contribution in [0.25, 0.3) is 0 Å². The minimum absolute atomic E-state index is 0.566. The van der Waals surface area contributed by atoms with E-state index in [-0.39, 0.29) is 0 Å². The number of nitrogens with zero attached hydrogens (tertiary/aromatic N) is 1. The maximum absolute atomic E-state index is 5.83. The molecule has 0 spiro atoms. The van der Waals surface area contributed by atoms with E-state index in [0.29, 0.717) is 6.61 Å². The second kappa shape index (κ2) is 6.09. The number of hydrogen-bond donors (Lipinski definition) is 1. The van der Waals surface area contributed by atoms with Crippen molar-refractivity contribution in [2.75, 3.05) is 13.1 Å². The molecule has 0 amide bonds. The van der Waals surface area contributed by atoms with E-state index in [0.717, 1.165) is 40.3 Å². The average Bonchev–Trinajstić information content (AvgIpc) is 3.01. The maximum Gasteiger partial charge on any atom is 0.128 e. The predicted molar refractivity (Wildman–Crippen MR) is 84.3 cm³/mol. The Morgan fingerprint density at radius 3 is 2.75 bits per heavy atom. The number of benzene rings is 2. The fraction of sp³-hybridized carbons (Fsp3) is 0.188. The molecule has 3 rings (SSSR count). The molecule has 0 fully saturated rings. The molecule has 0 saturated carbocycles. The van der Waals surface area contributed by atoms with Gasteiger partial charge in [-0.05, 0) is 29.8 Å². The van der Waals surface area contributed by atoms with Crippen LogP contribution in [0, 0.1) is 0 Å².